The molecule has 10 heteroatoms. The quantitative estimate of drug-likeness (QED) is 0.609. The van der Waals surface area contributed by atoms with Crippen LogP contribution < -0.4 is 16.0 Å². The molecular weight excluding hydrogens is 443 g/mol. The topological polar surface area (TPSA) is 108 Å². The lowest BCUT2D eigenvalue weighted by Gasteiger charge is -2.29. The lowest BCUT2D eigenvalue weighted by Crippen LogP contribution is -2.50. The van der Waals surface area contributed by atoms with E-state index in [1.54, 1.807) is 18.2 Å². The maximum Gasteiger partial charge on any atom is 0.326 e. The zero-order chi connectivity index (χ0) is 22.1. The molecule has 1 atom stereocenters. The zero-order valence-electron chi connectivity index (χ0n) is 16.2. The van der Waals surface area contributed by atoms with Gasteiger partial charge in [0.2, 0.25) is 11.8 Å². The van der Waals surface area contributed by atoms with Crippen molar-refractivity contribution in [2.75, 3.05) is 5.32 Å². The summed E-state index contributed by atoms with van der Waals surface area (Å²) in [6.45, 7) is 1.03. The number of nitrogens with zero attached hydrogens (tertiary/aromatic N) is 1. The Hall–Kier alpha value is -2.94. The molecule has 1 saturated heterocycles. The number of carbonyl (C=O) groups is 4. The van der Waals surface area contributed by atoms with E-state index in [4.69, 9.17) is 23.2 Å². The number of nitrogens with one attached hydrogen (secondary N) is 3. The Morgan fingerprint density at radius 1 is 1.03 bits per heavy atom. The van der Waals surface area contributed by atoms with Crippen molar-refractivity contribution in [1.29, 1.82) is 0 Å². The predicted octanol–water partition coefficient (Wildman–Crippen LogP) is 3.08. The highest BCUT2D eigenvalue weighted by atomic mass is 35.5. The van der Waals surface area contributed by atoms with Crippen LogP contribution in [0.25, 0.3) is 0 Å². The van der Waals surface area contributed by atoms with E-state index in [1.165, 1.54) is 12.1 Å². The van der Waals surface area contributed by atoms with Crippen LogP contribution in [-0.2, 0) is 22.7 Å². The van der Waals surface area contributed by atoms with Gasteiger partial charge in [-0.2, -0.15) is 0 Å². The van der Waals surface area contributed by atoms with Gasteiger partial charge in [-0.15, -0.1) is 0 Å². The summed E-state index contributed by atoms with van der Waals surface area (Å²) in [5, 5.41) is 7.81. The third-order valence-electron chi connectivity index (χ3n) is 5.27. The van der Waals surface area contributed by atoms with Crippen molar-refractivity contribution >= 4 is 52.6 Å². The molecule has 0 aliphatic carbocycles. The summed E-state index contributed by atoms with van der Waals surface area (Å²) >= 11 is 11.9. The number of benzene rings is 2. The van der Waals surface area contributed by atoms with Gasteiger partial charge in [0.15, 0.2) is 0 Å². The fourth-order valence-electron chi connectivity index (χ4n) is 3.74. The third kappa shape index (κ3) is 4.71. The molecule has 1 fully saturated rings. The van der Waals surface area contributed by atoms with Gasteiger partial charge >= 0.3 is 6.03 Å². The van der Waals surface area contributed by atoms with Gasteiger partial charge in [-0.3, -0.25) is 29.9 Å². The molecular formula is C21H18Cl2N4O4. The molecule has 0 aromatic heterocycles. The summed E-state index contributed by atoms with van der Waals surface area (Å²) in [5.74, 6) is -1.12. The maximum atomic E-state index is 12.5. The van der Waals surface area contributed by atoms with Crippen molar-refractivity contribution in [3.05, 3.63) is 63.1 Å². The van der Waals surface area contributed by atoms with Crippen molar-refractivity contribution in [3.8, 4) is 0 Å². The van der Waals surface area contributed by atoms with E-state index >= 15 is 0 Å². The van der Waals surface area contributed by atoms with E-state index in [9.17, 15) is 19.2 Å². The van der Waals surface area contributed by atoms with Crippen molar-refractivity contribution in [2.45, 2.75) is 32.0 Å². The highest BCUT2D eigenvalue weighted by Gasteiger charge is 2.34. The summed E-state index contributed by atoms with van der Waals surface area (Å²) in [7, 11) is 0. The Balaban J connectivity index is 1.40. The number of rotatable bonds is 3. The van der Waals surface area contributed by atoms with Gasteiger partial charge in [0.25, 0.3) is 5.91 Å². The number of carbonyl (C=O) groups excluding carboxylic acids is 4. The van der Waals surface area contributed by atoms with Gasteiger partial charge in [-0.1, -0.05) is 29.3 Å². The number of urea groups is 1. The Morgan fingerprint density at radius 3 is 2.58 bits per heavy atom. The molecule has 0 saturated carbocycles. The van der Waals surface area contributed by atoms with E-state index in [0.29, 0.717) is 36.5 Å². The number of anilines is 1. The second kappa shape index (κ2) is 8.66. The highest BCUT2D eigenvalue weighted by Crippen LogP contribution is 2.28. The monoisotopic (exact) mass is 460 g/mol. The number of fused-ring (bicyclic) bond motifs is 1. The first kappa shape index (κ1) is 21.3. The van der Waals surface area contributed by atoms with Gasteiger partial charge in [0.1, 0.15) is 0 Å². The van der Waals surface area contributed by atoms with Crippen molar-refractivity contribution in [3.63, 3.8) is 0 Å². The van der Waals surface area contributed by atoms with E-state index in [2.05, 4.69) is 16.0 Å². The van der Waals surface area contributed by atoms with E-state index in [1.807, 2.05) is 11.0 Å². The number of piperidine rings is 1. The van der Waals surface area contributed by atoms with Crippen LogP contribution >= 0.6 is 23.2 Å². The van der Waals surface area contributed by atoms with E-state index in [-0.39, 0.29) is 28.6 Å². The van der Waals surface area contributed by atoms with Crippen LogP contribution in [-0.4, -0.2) is 34.7 Å². The van der Waals surface area contributed by atoms with Crippen LogP contribution in [0.4, 0.5) is 10.5 Å². The average Bonchev–Trinajstić information content (AvgIpc) is 3.13. The second-order valence-corrected chi connectivity index (χ2v) is 8.23. The largest absolute Gasteiger partial charge is 0.326 e. The molecule has 2 aromatic carbocycles. The Kier molecular flexibility index (Phi) is 5.95. The highest BCUT2D eigenvalue weighted by molar-refractivity contribution is 6.35. The van der Waals surface area contributed by atoms with Crippen LogP contribution in [0.5, 0.6) is 0 Å². The molecule has 0 spiro atoms. The molecule has 2 aromatic rings. The smallest absolute Gasteiger partial charge is 0.306 e. The third-order valence-corrected chi connectivity index (χ3v) is 5.83. The first-order chi connectivity index (χ1) is 14.8. The van der Waals surface area contributed by atoms with Crippen LogP contribution in [0.2, 0.25) is 10.0 Å². The SMILES string of the molecule is O=C1CCC(N2Cc3ccc(C(=O)NC(=O)Nc4cc(Cl)ccc4Cl)cc3C2)C(=O)N1. The molecule has 160 valence electrons. The number of imide groups is 2. The molecule has 5 amide bonds. The molecule has 2 aliphatic rings. The normalized spacial score (nSPS) is 18.3. The molecule has 0 radical (unpaired) electrons. The van der Waals surface area contributed by atoms with Crippen LogP contribution in [0, 0.1) is 0 Å². The summed E-state index contributed by atoms with van der Waals surface area (Å²) in [4.78, 5) is 50.2. The predicted molar refractivity (Wildman–Crippen MR) is 115 cm³/mol. The first-order valence-electron chi connectivity index (χ1n) is 9.57. The maximum absolute atomic E-state index is 12.5. The second-order valence-electron chi connectivity index (χ2n) is 7.39. The number of hydrogen-bond donors (Lipinski definition) is 3. The van der Waals surface area contributed by atoms with Gasteiger partial charge in [-0.05, 0) is 47.9 Å². The summed E-state index contributed by atoms with van der Waals surface area (Å²) in [6, 6.07) is 8.62. The van der Waals surface area contributed by atoms with Crippen LogP contribution in [0.15, 0.2) is 36.4 Å². The summed E-state index contributed by atoms with van der Waals surface area (Å²) in [6.07, 6.45) is 0.779. The zero-order valence-corrected chi connectivity index (χ0v) is 17.7. The van der Waals surface area contributed by atoms with Crippen LogP contribution in [0.1, 0.15) is 34.3 Å². The molecule has 0 bridgehead atoms. The first-order valence-corrected chi connectivity index (χ1v) is 10.3. The molecule has 8 nitrogen and oxygen atoms in total. The van der Waals surface area contributed by atoms with Gasteiger partial charge in [0.05, 0.1) is 16.8 Å². The minimum absolute atomic E-state index is 0.255. The number of amides is 5. The molecule has 4 rings (SSSR count). The fraction of sp³-hybridized carbons (Fsp3) is 0.238. The van der Waals surface area contributed by atoms with Gasteiger partial charge in [-0.25, -0.2) is 4.79 Å². The van der Waals surface area contributed by atoms with E-state index < -0.39 is 11.9 Å². The van der Waals surface area contributed by atoms with Crippen molar-refractivity contribution in [2.24, 2.45) is 0 Å². The van der Waals surface area contributed by atoms with Gasteiger partial charge < -0.3 is 5.32 Å². The standard InChI is InChI=1S/C21H18Cl2N4O4/c22-14-3-4-15(23)16(8-14)24-21(31)26-19(29)11-1-2-12-9-27(10-13(12)7-11)17-5-6-18(28)25-20(17)30/h1-4,7-8,17H,5-6,9-10H2,(H,25,28,30)(H2,24,26,29,31). The van der Waals surface area contributed by atoms with Gasteiger partial charge in [0, 0.05) is 30.1 Å². The fourth-order valence-corrected chi connectivity index (χ4v) is 4.07. The van der Waals surface area contributed by atoms with Crippen molar-refractivity contribution in [1.82, 2.24) is 15.5 Å². The minimum Gasteiger partial charge on any atom is -0.306 e. The summed E-state index contributed by atoms with van der Waals surface area (Å²) < 4.78 is 0. The molecule has 2 aliphatic heterocycles. The summed E-state index contributed by atoms with van der Waals surface area (Å²) in [5.41, 5.74) is 2.50. The van der Waals surface area contributed by atoms with Crippen LogP contribution in [0.3, 0.4) is 0 Å². The minimum atomic E-state index is -0.736. The Labute approximate surface area is 187 Å². The Morgan fingerprint density at radius 2 is 1.81 bits per heavy atom. The number of hydrogen-bond acceptors (Lipinski definition) is 5. The molecule has 1 unspecified atom stereocenters. The lowest BCUT2D eigenvalue weighted by atomic mass is 10.0. The average molecular weight is 461 g/mol. The lowest BCUT2D eigenvalue weighted by molar-refractivity contribution is -0.137. The Bertz CT molecular complexity index is 1100. The van der Waals surface area contributed by atoms with Crippen molar-refractivity contribution < 1.29 is 19.2 Å². The molecule has 31 heavy (non-hydrogen) atoms. The molecule has 2 heterocycles. The van der Waals surface area contributed by atoms with E-state index in [0.717, 1.165) is 11.1 Å². The number of halogens is 2. The molecule has 3 N–H and O–H groups in total.